The summed E-state index contributed by atoms with van der Waals surface area (Å²) >= 11 is 6.47. The molecule has 2 amide bonds. The van der Waals surface area contributed by atoms with Crippen molar-refractivity contribution in [2.75, 3.05) is 66.9 Å². The average molecular weight is 900 g/mol. The van der Waals surface area contributed by atoms with Crippen LogP contribution in [0, 0.1) is 11.7 Å². The Bertz CT molecular complexity index is 2580. The van der Waals surface area contributed by atoms with E-state index in [0.717, 1.165) is 73.5 Å². The Morgan fingerprint density at radius 2 is 1.65 bits per heavy atom. The molecule has 4 fully saturated rings. The number of nitrogens with one attached hydrogen (secondary N) is 2. The van der Waals surface area contributed by atoms with Crippen LogP contribution >= 0.6 is 11.6 Å². The van der Waals surface area contributed by atoms with E-state index in [9.17, 15) is 22.4 Å². The molecule has 330 valence electrons. The van der Waals surface area contributed by atoms with Crippen LogP contribution in [0.5, 0.6) is 0 Å². The van der Waals surface area contributed by atoms with E-state index in [2.05, 4.69) is 36.6 Å². The van der Waals surface area contributed by atoms with Gasteiger partial charge in [0.1, 0.15) is 17.7 Å². The summed E-state index contributed by atoms with van der Waals surface area (Å²) in [6.07, 6.45) is 10.2. The lowest BCUT2D eigenvalue weighted by molar-refractivity contribution is -0.134. The Balaban J connectivity index is 0.839. The number of amides is 2. The van der Waals surface area contributed by atoms with Crippen molar-refractivity contribution in [1.82, 2.24) is 39.3 Å². The Hall–Kier alpha value is -5.56. The molecule has 63 heavy (non-hydrogen) atoms. The molecular formula is C44H48ClF2N11O4S. The van der Waals surface area contributed by atoms with Gasteiger partial charge in [0, 0.05) is 111 Å². The van der Waals surface area contributed by atoms with Crippen LogP contribution < -0.4 is 19.8 Å². The van der Waals surface area contributed by atoms with Gasteiger partial charge in [0.2, 0.25) is 11.8 Å². The van der Waals surface area contributed by atoms with Crippen molar-refractivity contribution >= 4 is 50.8 Å². The normalized spacial score (nSPS) is 21.8. The van der Waals surface area contributed by atoms with Gasteiger partial charge in [0.05, 0.1) is 23.5 Å². The molecule has 1 aromatic carbocycles. The minimum absolute atomic E-state index is 0.0130. The molecule has 0 aliphatic carbocycles. The number of halogens is 3. The van der Waals surface area contributed by atoms with Crippen molar-refractivity contribution < 1.29 is 26.8 Å². The second kappa shape index (κ2) is 17.9. The third-order valence-corrected chi connectivity index (χ3v) is 14.3. The largest absolute Gasteiger partial charge is 0.367 e. The van der Waals surface area contributed by atoms with Crippen molar-refractivity contribution in [3.63, 3.8) is 0 Å². The summed E-state index contributed by atoms with van der Waals surface area (Å²) < 4.78 is 61.2. The number of hydrogen-bond acceptors (Lipinski definition) is 11. The van der Waals surface area contributed by atoms with Crippen LogP contribution in [-0.4, -0.2) is 119 Å². The van der Waals surface area contributed by atoms with Crippen molar-refractivity contribution in [1.29, 1.82) is 0 Å². The number of benzene rings is 1. The number of nitrogens with zero attached hydrogens (tertiary/aromatic N) is 9. The first kappa shape index (κ1) is 42.7. The molecule has 8 heterocycles. The van der Waals surface area contributed by atoms with Crippen LogP contribution in [0.15, 0.2) is 79.5 Å². The molecule has 0 bridgehead atoms. The SMILES string of the molecule is C[C@@H]1CN(c2ccc(-n3cc(-c4cc(Cl)cc(NS(=O)(=O)N5CC[C@@H](F)C5)c4F)c(-c4ccncc4)n3)nc2)CCN1CC1CCN(c2ccc(C3CCC(=O)NC3=O)cn2)CC1. The molecule has 4 aliphatic rings. The van der Waals surface area contributed by atoms with Crippen LogP contribution in [0.25, 0.3) is 28.2 Å². The highest BCUT2D eigenvalue weighted by molar-refractivity contribution is 7.90. The Morgan fingerprint density at radius 3 is 2.33 bits per heavy atom. The van der Waals surface area contributed by atoms with E-state index in [1.807, 2.05) is 30.5 Å². The molecule has 4 aliphatic heterocycles. The number of alkyl halides is 1. The number of imide groups is 1. The Labute approximate surface area is 369 Å². The number of aromatic nitrogens is 5. The highest BCUT2D eigenvalue weighted by atomic mass is 35.5. The maximum atomic E-state index is 16.4. The van der Waals surface area contributed by atoms with Crippen molar-refractivity contribution in [2.45, 2.75) is 57.2 Å². The first-order valence-electron chi connectivity index (χ1n) is 21.3. The summed E-state index contributed by atoms with van der Waals surface area (Å²) in [5.74, 6) is 0.327. The molecular weight excluding hydrogens is 852 g/mol. The molecule has 2 N–H and O–H groups in total. The van der Waals surface area contributed by atoms with Gasteiger partial charge in [-0.25, -0.2) is 23.4 Å². The van der Waals surface area contributed by atoms with Crippen LogP contribution in [0.4, 0.5) is 26.0 Å². The lowest BCUT2D eigenvalue weighted by atomic mass is 9.91. The number of carbonyl (C=O) groups excluding carboxylic acids is 2. The quantitative estimate of drug-likeness (QED) is 0.154. The summed E-state index contributed by atoms with van der Waals surface area (Å²) in [7, 11) is -4.25. The number of hydrogen-bond donors (Lipinski definition) is 2. The van der Waals surface area contributed by atoms with Crippen LogP contribution in [-0.2, 0) is 19.8 Å². The zero-order chi connectivity index (χ0) is 43.8. The van der Waals surface area contributed by atoms with Gasteiger partial charge in [0.15, 0.2) is 11.6 Å². The molecule has 0 radical (unpaired) electrons. The van der Waals surface area contributed by atoms with E-state index in [-0.39, 0.29) is 53.5 Å². The number of anilines is 3. The summed E-state index contributed by atoms with van der Waals surface area (Å²) in [5, 5.41) is 7.34. The second-order valence-electron chi connectivity index (χ2n) is 16.8. The zero-order valence-corrected chi connectivity index (χ0v) is 36.3. The highest BCUT2D eigenvalue weighted by Gasteiger charge is 2.34. The van der Waals surface area contributed by atoms with Gasteiger partial charge in [-0.3, -0.25) is 29.5 Å². The fourth-order valence-corrected chi connectivity index (χ4v) is 10.5. The third-order valence-electron chi connectivity index (χ3n) is 12.6. The fraction of sp³-hybridized carbons (Fsp3) is 0.409. The topological polar surface area (TPSA) is 162 Å². The first-order valence-corrected chi connectivity index (χ1v) is 23.1. The number of piperidine rings is 2. The second-order valence-corrected chi connectivity index (χ2v) is 18.9. The minimum Gasteiger partial charge on any atom is -0.367 e. The standard InChI is InChI=1S/C44H48ClF2N11O4S/c1-28-24-56(19-18-55(28)25-29-10-15-54(16-11-29)39-5-2-31(22-49-39)35-4-7-41(59)51-44(35)60)34-3-6-40(50-23-34)58-27-37(43(52-58)30-8-13-48-14-9-30)36-20-32(45)21-38(42(36)47)53-63(61,62)57-17-12-33(46)26-57/h2-3,5-6,8-9,13-14,20-23,27-29,33,35,53H,4,7,10-12,15-19,24-26H2,1H3,(H,51,59,60)/t28-,33-,35?/m1/s1. The van der Waals surface area contributed by atoms with E-state index in [1.165, 1.54) is 12.1 Å². The molecule has 4 aromatic heterocycles. The van der Waals surface area contributed by atoms with E-state index >= 15 is 4.39 Å². The van der Waals surface area contributed by atoms with Gasteiger partial charge in [-0.1, -0.05) is 17.7 Å². The van der Waals surface area contributed by atoms with Gasteiger partial charge in [-0.05, 0) is 86.6 Å². The minimum atomic E-state index is -4.25. The molecule has 19 heteroatoms. The Morgan fingerprint density at radius 1 is 0.873 bits per heavy atom. The maximum Gasteiger partial charge on any atom is 0.301 e. The zero-order valence-electron chi connectivity index (χ0n) is 34.7. The van der Waals surface area contributed by atoms with E-state index in [4.69, 9.17) is 26.7 Å². The van der Waals surface area contributed by atoms with Gasteiger partial charge >= 0.3 is 10.2 Å². The maximum absolute atomic E-state index is 16.4. The van der Waals surface area contributed by atoms with Crippen LogP contribution in [0.3, 0.4) is 0 Å². The average Bonchev–Trinajstić information content (AvgIpc) is 3.94. The summed E-state index contributed by atoms with van der Waals surface area (Å²) in [6, 6.07) is 14.3. The number of piperazine rings is 1. The van der Waals surface area contributed by atoms with Crippen molar-refractivity contribution in [3.8, 4) is 28.2 Å². The van der Waals surface area contributed by atoms with E-state index in [0.29, 0.717) is 47.4 Å². The molecule has 15 nitrogen and oxygen atoms in total. The van der Waals surface area contributed by atoms with Gasteiger partial charge in [-0.15, -0.1) is 0 Å². The molecule has 0 spiro atoms. The summed E-state index contributed by atoms with van der Waals surface area (Å²) in [4.78, 5) is 44.7. The van der Waals surface area contributed by atoms with Crippen molar-refractivity contribution in [3.05, 3.63) is 95.9 Å². The molecule has 0 saturated carbocycles. The van der Waals surface area contributed by atoms with E-state index < -0.39 is 22.2 Å². The first-order chi connectivity index (χ1) is 30.4. The molecule has 9 rings (SSSR count). The summed E-state index contributed by atoms with van der Waals surface area (Å²) in [6.45, 7) is 7.42. The van der Waals surface area contributed by atoms with Gasteiger partial charge in [0.25, 0.3) is 0 Å². The molecule has 1 unspecified atom stereocenters. The lowest BCUT2D eigenvalue weighted by Crippen LogP contribution is -2.53. The number of pyridine rings is 3. The molecule has 4 saturated heterocycles. The predicted molar refractivity (Wildman–Crippen MR) is 236 cm³/mol. The van der Waals surface area contributed by atoms with Crippen LogP contribution in [0.1, 0.15) is 50.5 Å². The third kappa shape index (κ3) is 9.25. The molecule has 3 atom stereocenters. The summed E-state index contributed by atoms with van der Waals surface area (Å²) in [5.41, 5.74) is 2.89. The Kier molecular flexibility index (Phi) is 12.1. The lowest BCUT2D eigenvalue weighted by Gasteiger charge is -2.43. The predicted octanol–water partition coefficient (Wildman–Crippen LogP) is 5.83. The van der Waals surface area contributed by atoms with Crippen molar-refractivity contribution in [2.24, 2.45) is 5.92 Å². The fourth-order valence-electron chi connectivity index (χ4n) is 9.06. The van der Waals surface area contributed by atoms with E-state index in [1.54, 1.807) is 41.6 Å². The number of carbonyl (C=O) groups is 2. The molecule has 5 aromatic rings. The smallest absolute Gasteiger partial charge is 0.301 e. The number of rotatable bonds is 11. The highest BCUT2D eigenvalue weighted by Crippen LogP contribution is 2.38. The monoisotopic (exact) mass is 899 g/mol. The van der Waals surface area contributed by atoms with Crippen LogP contribution in [0.2, 0.25) is 5.02 Å². The van der Waals surface area contributed by atoms with Gasteiger partial charge in [-0.2, -0.15) is 17.8 Å². The van der Waals surface area contributed by atoms with Gasteiger partial charge < -0.3 is 9.80 Å².